The van der Waals surface area contributed by atoms with Gasteiger partial charge in [-0.05, 0) is 71.0 Å². The molecule has 1 amide bonds. The van der Waals surface area contributed by atoms with Gasteiger partial charge in [-0.3, -0.25) is 9.89 Å². The number of allylic oxidation sites excluding steroid dienone is 1. The minimum Gasteiger partial charge on any atom is -0.492 e. The molecule has 0 fully saturated rings. The van der Waals surface area contributed by atoms with E-state index in [-0.39, 0.29) is 19.1 Å². The molecule has 1 aromatic heterocycles. The fourth-order valence-corrected chi connectivity index (χ4v) is 4.58. The number of carbonyl (C=O) groups excluding carboxylic acids is 1. The lowest BCUT2D eigenvalue weighted by molar-refractivity contribution is -0.116. The number of nitrogens with zero attached hydrogens (tertiary/aromatic N) is 1. The third-order valence-corrected chi connectivity index (χ3v) is 6.49. The SMILES string of the molecule is CC/C(=C(/c1ccc(OCCNC/C=C/C(=O)NCCO)cc1)c1ccc2[nH]ncc2c1)c1ccccc1C. The number of rotatable bonds is 13. The predicted molar refractivity (Wildman–Crippen MR) is 158 cm³/mol. The normalized spacial score (nSPS) is 12.1. The summed E-state index contributed by atoms with van der Waals surface area (Å²) in [5.74, 6) is 0.590. The Morgan fingerprint density at radius 1 is 1.05 bits per heavy atom. The fourth-order valence-electron chi connectivity index (χ4n) is 4.58. The van der Waals surface area contributed by atoms with Crippen LogP contribution in [0.25, 0.3) is 22.0 Å². The van der Waals surface area contributed by atoms with Gasteiger partial charge in [0.05, 0.1) is 18.3 Å². The predicted octanol–water partition coefficient (Wildman–Crippen LogP) is 4.87. The number of H-pyrrole nitrogens is 1. The molecule has 7 heteroatoms. The van der Waals surface area contributed by atoms with Crippen molar-refractivity contribution in [1.29, 1.82) is 0 Å². The molecule has 4 rings (SSSR count). The van der Waals surface area contributed by atoms with Gasteiger partial charge in [0.2, 0.25) is 5.91 Å². The lowest BCUT2D eigenvalue weighted by Crippen LogP contribution is -2.25. The van der Waals surface area contributed by atoms with Gasteiger partial charge in [-0.1, -0.05) is 55.5 Å². The Bertz CT molecular complexity index is 1440. The number of benzene rings is 3. The molecule has 0 aliphatic carbocycles. The van der Waals surface area contributed by atoms with Crippen molar-refractivity contribution < 1.29 is 14.6 Å². The second kappa shape index (κ2) is 14.1. The van der Waals surface area contributed by atoms with Crippen LogP contribution in [-0.4, -0.2) is 54.1 Å². The van der Waals surface area contributed by atoms with Crippen LogP contribution >= 0.6 is 0 Å². The van der Waals surface area contributed by atoms with Crippen LogP contribution < -0.4 is 15.4 Å². The first-order valence-corrected chi connectivity index (χ1v) is 13.3. The third kappa shape index (κ3) is 7.44. The Labute approximate surface area is 229 Å². The number of aryl methyl sites for hydroxylation is 1. The average molecular weight is 525 g/mol. The van der Waals surface area contributed by atoms with Crippen LogP contribution in [0.1, 0.15) is 35.6 Å². The molecule has 0 radical (unpaired) electrons. The summed E-state index contributed by atoms with van der Waals surface area (Å²) in [5.41, 5.74) is 8.32. The van der Waals surface area contributed by atoms with Crippen molar-refractivity contribution in [3.8, 4) is 5.75 Å². The number of ether oxygens (including phenoxy) is 1. The van der Waals surface area contributed by atoms with Gasteiger partial charge >= 0.3 is 0 Å². The maximum Gasteiger partial charge on any atom is 0.243 e. The molecular formula is C32H36N4O3. The summed E-state index contributed by atoms with van der Waals surface area (Å²) >= 11 is 0. The Hall–Kier alpha value is -4.20. The minimum absolute atomic E-state index is 0.0682. The van der Waals surface area contributed by atoms with Gasteiger partial charge < -0.3 is 20.5 Å². The zero-order valence-electron chi connectivity index (χ0n) is 22.5. The highest BCUT2D eigenvalue weighted by molar-refractivity contribution is 6.00. The van der Waals surface area contributed by atoms with Crippen LogP contribution in [0.4, 0.5) is 0 Å². The lowest BCUT2D eigenvalue weighted by atomic mass is 9.86. The van der Waals surface area contributed by atoms with Crippen molar-refractivity contribution in [2.75, 3.05) is 32.8 Å². The fraction of sp³-hybridized carbons (Fsp3) is 0.250. The smallest absolute Gasteiger partial charge is 0.243 e. The minimum atomic E-state index is -0.214. The van der Waals surface area contributed by atoms with E-state index in [0.717, 1.165) is 34.2 Å². The van der Waals surface area contributed by atoms with Crippen molar-refractivity contribution in [3.63, 3.8) is 0 Å². The number of hydrogen-bond donors (Lipinski definition) is 4. The molecule has 7 nitrogen and oxygen atoms in total. The van der Waals surface area contributed by atoms with E-state index in [0.29, 0.717) is 19.7 Å². The Kier molecular flexibility index (Phi) is 10.1. The topological polar surface area (TPSA) is 99.3 Å². The van der Waals surface area contributed by atoms with Crippen LogP contribution in [0.3, 0.4) is 0 Å². The summed E-state index contributed by atoms with van der Waals surface area (Å²) < 4.78 is 5.94. The molecule has 0 saturated carbocycles. The molecule has 0 atom stereocenters. The summed E-state index contributed by atoms with van der Waals surface area (Å²) in [5, 5.41) is 22.8. The molecule has 39 heavy (non-hydrogen) atoms. The second-order valence-corrected chi connectivity index (χ2v) is 9.19. The maximum absolute atomic E-state index is 11.5. The Morgan fingerprint density at radius 3 is 2.62 bits per heavy atom. The van der Waals surface area contributed by atoms with E-state index in [4.69, 9.17) is 9.84 Å². The number of carbonyl (C=O) groups is 1. The number of hydrogen-bond acceptors (Lipinski definition) is 5. The maximum atomic E-state index is 11.5. The molecular weight excluding hydrogens is 488 g/mol. The quantitative estimate of drug-likeness (QED) is 0.114. The number of fused-ring (bicyclic) bond motifs is 1. The van der Waals surface area contributed by atoms with Crippen LogP contribution in [0.5, 0.6) is 5.75 Å². The monoisotopic (exact) mass is 524 g/mol. The molecule has 4 aromatic rings. The molecule has 0 bridgehead atoms. The molecule has 0 unspecified atom stereocenters. The number of aromatic amines is 1. The molecule has 0 saturated heterocycles. The van der Waals surface area contributed by atoms with E-state index in [2.05, 4.69) is 89.3 Å². The Morgan fingerprint density at radius 2 is 1.85 bits per heavy atom. The van der Waals surface area contributed by atoms with E-state index in [1.54, 1.807) is 6.08 Å². The van der Waals surface area contributed by atoms with Gasteiger partial charge in [0.1, 0.15) is 12.4 Å². The standard InChI is InChI=1S/C32H36N4O3/c1-3-28(29-8-5-4-7-23(29)2)32(25-12-15-30-26(21-25)22-35-36-30)24-10-13-27(14-11-24)39-20-18-33-16-6-9-31(38)34-17-19-37/h4-15,21-22,33,37H,3,16-20H2,1-2H3,(H,34,38)(H,35,36)/b9-6+,32-28+. The van der Waals surface area contributed by atoms with Crippen LogP contribution in [0.2, 0.25) is 0 Å². The van der Waals surface area contributed by atoms with E-state index in [1.165, 1.54) is 28.3 Å². The van der Waals surface area contributed by atoms with Crippen LogP contribution in [0.15, 0.2) is 85.1 Å². The highest BCUT2D eigenvalue weighted by Gasteiger charge is 2.15. The van der Waals surface area contributed by atoms with Crippen LogP contribution in [0, 0.1) is 6.92 Å². The molecule has 0 aliphatic heterocycles. The summed E-state index contributed by atoms with van der Waals surface area (Å²) in [6, 6.07) is 23.3. The number of aliphatic hydroxyl groups is 1. The highest BCUT2D eigenvalue weighted by atomic mass is 16.5. The van der Waals surface area contributed by atoms with Crippen molar-refractivity contribution in [1.82, 2.24) is 20.8 Å². The molecule has 1 heterocycles. The summed E-state index contributed by atoms with van der Waals surface area (Å²) in [7, 11) is 0. The lowest BCUT2D eigenvalue weighted by Gasteiger charge is -2.18. The first kappa shape index (κ1) is 27.8. The highest BCUT2D eigenvalue weighted by Crippen LogP contribution is 2.37. The number of nitrogens with one attached hydrogen (secondary N) is 3. The number of aromatic nitrogens is 2. The first-order valence-electron chi connectivity index (χ1n) is 13.3. The first-order chi connectivity index (χ1) is 19.1. The molecule has 0 spiro atoms. The third-order valence-electron chi connectivity index (χ3n) is 6.49. The summed E-state index contributed by atoms with van der Waals surface area (Å²) in [6.45, 7) is 6.27. The Balaban J connectivity index is 1.48. The van der Waals surface area contributed by atoms with Gasteiger partial charge in [-0.2, -0.15) is 5.10 Å². The van der Waals surface area contributed by atoms with Crippen molar-refractivity contribution >= 4 is 28.0 Å². The summed E-state index contributed by atoms with van der Waals surface area (Å²) in [6.07, 6.45) is 5.96. The molecule has 4 N–H and O–H groups in total. The van der Waals surface area contributed by atoms with Gasteiger partial charge in [0.15, 0.2) is 0 Å². The zero-order chi connectivity index (χ0) is 27.5. The molecule has 3 aromatic carbocycles. The van der Waals surface area contributed by atoms with Gasteiger partial charge in [-0.15, -0.1) is 0 Å². The molecule has 202 valence electrons. The van der Waals surface area contributed by atoms with Gasteiger partial charge in [0.25, 0.3) is 0 Å². The van der Waals surface area contributed by atoms with Crippen LogP contribution in [-0.2, 0) is 4.79 Å². The number of aliphatic hydroxyl groups excluding tert-OH is 1. The average Bonchev–Trinajstić information content (AvgIpc) is 3.43. The van der Waals surface area contributed by atoms with Gasteiger partial charge in [0, 0.05) is 31.1 Å². The van der Waals surface area contributed by atoms with Crippen molar-refractivity contribution in [2.24, 2.45) is 0 Å². The van der Waals surface area contributed by atoms with E-state index in [9.17, 15) is 4.79 Å². The largest absolute Gasteiger partial charge is 0.492 e. The van der Waals surface area contributed by atoms with Gasteiger partial charge in [-0.25, -0.2) is 0 Å². The number of amides is 1. The summed E-state index contributed by atoms with van der Waals surface area (Å²) in [4.78, 5) is 11.5. The molecule has 0 aliphatic rings. The van der Waals surface area contributed by atoms with Crippen molar-refractivity contribution in [2.45, 2.75) is 20.3 Å². The van der Waals surface area contributed by atoms with E-state index >= 15 is 0 Å². The van der Waals surface area contributed by atoms with Crippen molar-refractivity contribution in [3.05, 3.63) is 107 Å². The second-order valence-electron chi connectivity index (χ2n) is 9.19. The van der Waals surface area contributed by atoms with E-state index < -0.39 is 0 Å². The van der Waals surface area contributed by atoms with E-state index in [1.807, 2.05) is 18.3 Å². The zero-order valence-corrected chi connectivity index (χ0v) is 22.5.